The van der Waals surface area contributed by atoms with Gasteiger partial charge in [-0.2, -0.15) is 5.10 Å². The Morgan fingerprint density at radius 3 is 2.44 bits per heavy atom. The molecule has 2 N–H and O–H groups in total. The number of phenols is 1. The van der Waals surface area contributed by atoms with Gasteiger partial charge in [-0.1, -0.05) is 12.2 Å². The van der Waals surface area contributed by atoms with Gasteiger partial charge in [-0.15, -0.1) is 0 Å². The Balaban J connectivity index is 0.00000178. The lowest BCUT2D eigenvalue weighted by molar-refractivity contribution is -0.106. The van der Waals surface area contributed by atoms with E-state index in [2.05, 4.69) is 15.4 Å². The second-order valence-corrected chi connectivity index (χ2v) is 4.93. The predicted octanol–water partition coefficient (Wildman–Crippen LogP) is 3.65. The van der Waals surface area contributed by atoms with E-state index in [0.29, 0.717) is 5.69 Å². The van der Waals surface area contributed by atoms with Crippen LogP contribution in [0.3, 0.4) is 0 Å². The van der Waals surface area contributed by atoms with Crippen LogP contribution in [0.2, 0.25) is 0 Å². The predicted molar refractivity (Wildman–Crippen MR) is 108 cm³/mol. The van der Waals surface area contributed by atoms with Crippen LogP contribution in [-0.4, -0.2) is 44.5 Å². The van der Waals surface area contributed by atoms with Crippen molar-refractivity contribution in [3.63, 3.8) is 0 Å². The van der Waals surface area contributed by atoms with Crippen molar-refractivity contribution in [1.82, 2.24) is 0 Å². The fourth-order valence-electron chi connectivity index (χ4n) is 1.92. The zero-order valence-electron chi connectivity index (χ0n) is 15.8. The third-order valence-corrected chi connectivity index (χ3v) is 3.08. The topological polar surface area (TPSA) is 77.3 Å². The number of hydrogen-bond acceptors (Lipinski definition) is 6. The first-order chi connectivity index (χ1) is 11.9. The van der Waals surface area contributed by atoms with Gasteiger partial charge in [0.25, 0.3) is 0 Å². The second kappa shape index (κ2) is 12.5. The Hall–Kier alpha value is -2.89. The van der Waals surface area contributed by atoms with E-state index in [1.165, 1.54) is 6.92 Å². The number of carbonyl (C=O) groups is 1. The summed E-state index contributed by atoms with van der Waals surface area (Å²) in [5.41, 5.74) is 3.29. The largest absolute Gasteiger partial charge is 0.506 e. The smallest absolute Gasteiger partial charge is 0.142 e. The van der Waals surface area contributed by atoms with Crippen LogP contribution in [0.5, 0.6) is 5.75 Å². The number of hydrazone groups is 1. The van der Waals surface area contributed by atoms with E-state index in [1.807, 2.05) is 51.3 Å². The minimum absolute atomic E-state index is 0.178. The monoisotopic (exact) mass is 344 g/mol. The lowest BCUT2D eigenvalue weighted by Gasteiger charge is -2.17. The fraction of sp³-hybridized carbons (Fsp3) is 0.316. The van der Waals surface area contributed by atoms with Gasteiger partial charge < -0.3 is 15.2 Å². The van der Waals surface area contributed by atoms with Crippen LogP contribution in [0, 0.1) is 0 Å². The number of anilines is 2. The third kappa shape index (κ3) is 7.97. The third-order valence-electron chi connectivity index (χ3n) is 3.08. The van der Waals surface area contributed by atoms with Crippen LogP contribution >= 0.6 is 0 Å². The Morgan fingerprint density at radius 1 is 1.32 bits per heavy atom. The standard InChI is InChI=1S/C17H24N4O.C2H4O/c1-6-7-14(10-11-18-3)13(2)20-21(5)16-9-8-15(19-4)12-17(16)22;1-2-3/h6-12,19,22H,1-5H3;2H,1H3/b7-6-,14-10+,18-11?,20-13+;. The van der Waals surface area contributed by atoms with Crippen molar-refractivity contribution < 1.29 is 9.90 Å². The van der Waals surface area contributed by atoms with E-state index in [4.69, 9.17) is 4.79 Å². The summed E-state index contributed by atoms with van der Waals surface area (Å²) in [5.74, 6) is 0.178. The van der Waals surface area contributed by atoms with Crippen LogP contribution in [0.4, 0.5) is 11.4 Å². The maximum absolute atomic E-state index is 10.1. The lowest BCUT2D eigenvalue weighted by atomic mass is 10.1. The summed E-state index contributed by atoms with van der Waals surface area (Å²) in [5, 5.41) is 19.3. The van der Waals surface area contributed by atoms with Gasteiger partial charge in [-0.3, -0.25) is 10.0 Å². The van der Waals surface area contributed by atoms with E-state index in [9.17, 15) is 5.11 Å². The average molecular weight is 344 g/mol. The average Bonchev–Trinajstić information content (AvgIpc) is 2.58. The minimum atomic E-state index is 0.178. The van der Waals surface area contributed by atoms with Crippen LogP contribution < -0.4 is 10.3 Å². The summed E-state index contributed by atoms with van der Waals surface area (Å²) in [6, 6.07) is 5.39. The Labute approximate surface area is 150 Å². The lowest BCUT2D eigenvalue weighted by Crippen LogP contribution is -2.13. The Bertz CT molecular complexity index is 661. The van der Waals surface area contributed by atoms with Crippen molar-refractivity contribution in [3.05, 3.63) is 42.0 Å². The molecule has 0 fully saturated rings. The molecule has 136 valence electrons. The number of benzene rings is 1. The van der Waals surface area contributed by atoms with Gasteiger partial charge in [0, 0.05) is 39.1 Å². The van der Waals surface area contributed by atoms with Crippen LogP contribution in [0.1, 0.15) is 20.8 Å². The van der Waals surface area contributed by atoms with E-state index in [0.717, 1.165) is 23.3 Å². The number of phenolic OH excluding ortho intramolecular Hbond substituents is 1. The maximum Gasteiger partial charge on any atom is 0.142 e. The number of hydrogen-bond donors (Lipinski definition) is 2. The van der Waals surface area contributed by atoms with Crippen LogP contribution in [-0.2, 0) is 4.79 Å². The van der Waals surface area contributed by atoms with Crippen molar-refractivity contribution in [1.29, 1.82) is 0 Å². The molecule has 0 aromatic heterocycles. The quantitative estimate of drug-likeness (QED) is 0.357. The fourth-order valence-corrected chi connectivity index (χ4v) is 1.92. The second-order valence-electron chi connectivity index (χ2n) is 4.93. The van der Waals surface area contributed by atoms with Gasteiger partial charge in [-0.25, -0.2) is 0 Å². The zero-order valence-corrected chi connectivity index (χ0v) is 15.8. The normalized spacial score (nSPS) is 12.1. The van der Waals surface area contributed by atoms with Crippen molar-refractivity contribution >= 4 is 29.6 Å². The molecule has 0 aliphatic heterocycles. The molecule has 0 bridgehead atoms. The van der Waals surface area contributed by atoms with E-state index in [-0.39, 0.29) is 5.75 Å². The summed E-state index contributed by atoms with van der Waals surface area (Å²) in [7, 11) is 5.34. The molecule has 1 rings (SSSR count). The summed E-state index contributed by atoms with van der Waals surface area (Å²) in [6.45, 7) is 5.32. The molecule has 1 aromatic carbocycles. The number of nitrogens with zero attached hydrogens (tertiary/aromatic N) is 3. The molecule has 6 nitrogen and oxygen atoms in total. The van der Waals surface area contributed by atoms with Crippen molar-refractivity contribution in [2.75, 3.05) is 31.5 Å². The van der Waals surface area contributed by atoms with Crippen molar-refractivity contribution in [3.8, 4) is 5.75 Å². The molecule has 25 heavy (non-hydrogen) atoms. The van der Waals surface area contributed by atoms with Gasteiger partial charge >= 0.3 is 0 Å². The Morgan fingerprint density at radius 2 is 1.96 bits per heavy atom. The number of allylic oxidation sites excluding steroid dienone is 4. The summed E-state index contributed by atoms with van der Waals surface area (Å²) in [6.07, 6.45) is 8.30. The first-order valence-corrected chi connectivity index (χ1v) is 7.90. The van der Waals surface area contributed by atoms with Crippen LogP contribution in [0.15, 0.2) is 52.1 Å². The first-order valence-electron chi connectivity index (χ1n) is 7.90. The highest BCUT2D eigenvalue weighted by Gasteiger charge is 2.08. The van der Waals surface area contributed by atoms with Crippen LogP contribution in [0.25, 0.3) is 0 Å². The number of rotatable bonds is 6. The zero-order chi connectivity index (χ0) is 19.2. The molecule has 0 atom stereocenters. The van der Waals surface area contributed by atoms with Gasteiger partial charge in [0.2, 0.25) is 0 Å². The molecule has 0 aliphatic carbocycles. The van der Waals surface area contributed by atoms with Gasteiger partial charge in [0.15, 0.2) is 0 Å². The van der Waals surface area contributed by atoms with E-state index >= 15 is 0 Å². The molecule has 1 aromatic rings. The molecular formula is C19H28N4O2. The number of aliphatic imine (C=N–C) groups is 1. The molecule has 0 aliphatic rings. The summed E-state index contributed by atoms with van der Waals surface area (Å²) >= 11 is 0. The highest BCUT2D eigenvalue weighted by molar-refractivity contribution is 6.04. The molecule has 0 amide bonds. The molecule has 0 saturated carbocycles. The molecule has 0 spiro atoms. The summed E-state index contributed by atoms with van der Waals surface area (Å²) in [4.78, 5) is 12.8. The number of aldehydes is 1. The number of nitrogens with one attached hydrogen (secondary N) is 1. The molecule has 0 radical (unpaired) electrons. The summed E-state index contributed by atoms with van der Waals surface area (Å²) < 4.78 is 0. The molecule has 6 heteroatoms. The number of carbonyl (C=O) groups excluding carboxylic acids is 1. The van der Waals surface area contributed by atoms with Gasteiger partial charge in [0.1, 0.15) is 17.7 Å². The highest BCUT2D eigenvalue weighted by atomic mass is 16.3. The van der Waals surface area contributed by atoms with Crippen molar-refractivity contribution in [2.45, 2.75) is 20.8 Å². The van der Waals surface area contributed by atoms with Gasteiger partial charge in [-0.05, 0) is 44.6 Å². The molecule has 0 saturated heterocycles. The SMILES string of the molecule is CC=O.C\C=C/C(=C\C=NC)C(/C)=N/N(C)c1ccc(NC)cc1O. The maximum atomic E-state index is 10.1. The molecule has 0 unspecified atom stereocenters. The molecule has 0 heterocycles. The first kappa shape index (κ1) is 22.1. The minimum Gasteiger partial charge on any atom is -0.506 e. The number of aromatic hydroxyl groups is 1. The van der Waals surface area contributed by atoms with E-state index in [1.54, 1.807) is 31.4 Å². The Kier molecular flexibility index (Phi) is 11.1. The van der Waals surface area contributed by atoms with E-state index < -0.39 is 0 Å². The van der Waals surface area contributed by atoms with Crippen molar-refractivity contribution in [2.24, 2.45) is 10.1 Å². The highest BCUT2D eigenvalue weighted by Crippen LogP contribution is 2.29. The molecular weight excluding hydrogens is 316 g/mol. The van der Waals surface area contributed by atoms with Gasteiger partial charge in [0.05, 0.1) is 5.71 Å².